The van der Waals surface area contributed by atoms with E-state index < -0.39 is 0 Å². The SMILES string of the molecule is CC(C)=CCC/C(C)=C/CC(N)=O. The van der Waals surface area contributed by atoms with Gasteiger partial charge >= 0.3 is 0 Å². The average Bonchev–Trinajstić information content (AvgIpc) is 2.00. The first-order valence-electron chi connectivity index (χ1n) is 4.59. The molecule has 1 amide bonds. The molecule has 2 N–H and O–H groups in total. The van der Waals surface area contributed by atoms with Crippen LogP contribution in [0.25, 0.3) is 0 Å². The van der Waals surface area contributed by atoms with Crippen molar-refractivity contribution in [2.75, 3.05) is 0 Å². The lowest BCUT2D eigenvalue weighted by atomic mass is 10.1. The predicted octanol–water partition coefficient (Wildman–Crippen LogP) is 2.55. The Morgan fingerprint density at radius 1 is 1.23 bits per heavy atom. The molecule has 0 unspecified atom stereocenters. The fraction of sp³-hybridized carbons (Fsp3) is 0.545. The maximum absolute atomic E-state index is 10.5. The van der Waals surface area contributed by atoms with Gasteiger partial charge in [-0.25, -0.2) is 0 Å². The van der Waals surface area contributed by atoms with E-state index in [-0.39, 0.29) is 5.91 Å². The highest BCUT2D eigenvalue weighted by Gasteiger charge is 1.91. The molecule has 0 heterocycles. The van der Waals surface area contributed by atoms with Crippen LogP contribution in [-0.4, -0.2) is 5.91 Å². The van der Waals surface area contributed by atoms with Crippen molar-refractivity contribution in [3.63, 3.8) is 0 Å². The highest BCUT2D eigenvalue weighted by Crippen LogP contribution is 2.07. The van der Waals surface area contributed by atoms with Gasteiger partial charge in [0.1, 0.15) is 0 Å². The Bertz CT molecular complexity index is 222. The summed E-state index contributed by atoms with van der Waals surface area (Å²) in [7, 11) is 0. The number of carbonyl (C=O) groups excluding carboxylic acids is 1. The second-order valence-corrected chi connectivity index (χ2v) is 3.54. The summed E-state index contributed by atoms with van der Waals surface area (Å²) < 4.78 is 0. The number of primary amides is 1. The Morgan fingerprint density at radius 2 is 1.85 bits per heavy atom. The smallest absolute Gasteiger partial charge is 0.221 e. The number of rotatable bonds is 5. The molecule has 0 aromatic rings. The monoisotopic (exact) mass is 181 g/mol. The molecule has 0 bridgehead atoms. The molecule has 0 aromatic heterocycles. The van der Waals surface area contributed by atoms with Crippen molar-refractivity contribution in [1.82, 2.24) is 0 Å². The van der Waals surface area contributed by atoms with E-state index in [0.717, 1.165) is 12.8 Å². The number of nitrogens with two attached hydrogens (primary N) is 1. The zero-order valence-electron chi connectivity index (χ0n) is 8.76. The van der Waals surface area contributed by atoms with Crippen LogP contribution in [0.2, 0.25) is 0 Å². The third-order valence-electron chi connectivity index (χ3n) is 1.74. The Balaban J connectivity index is 3.73. The van der Waals surface area contributed by atoms with Crippen molar-refractivity contribution >= 4 is 5.91 Å². The van der Waals surface area contributed by atoms with Crippen molar-refractivity contribution in [1.29, 1.82) is 0 Å². The van der Waals surface area contributed by atoms with Gasteiger partial charge < -0.3 is 5.73 Å². The Kier molecular flexibility index (Phi) is 5.94. The van der Waals surface area contributed by atoms with E-state index in [1.54, 1.807) is 0 Å². The van der Waals surface area contributed by atoms with E-state index in [1.807, 2.05) is 13.0 Å². The number of allylic oxidation sites excluding steroid dienone is 3. The lowest BCUT2D eigenvalue weighted by molar-refractivity contribution is -0.117. The predicted molar refractivity (Wildman–Crippen MR) is 56.2 cm³/mol. The summed E-state index contributed by atoms with van der Waals surface area (Å²) in [6.45, 7) is 6.20. The number of amides is 1. The van der Waals surface area contributed by atoms with Crippen LogP contribution in [0.1, 0.15) is 40.0 Å². The van der Waals surface area contributed by atoms with Gasteiger partial charge in [-0.1, -0.05) is 23.3 Å². The Morgan fingerprint density at radius 3 is 2.31 bits per heavy atom. The lowest BCUT2D eigenvalue weighted by Crippen LogP contribution is -2.08. The normalized spacial score (nSPS) is 11.2. The molecule has 0 aliphatic rings. The summed E-state index contributed by atoms with van der Waals surface area (Å²) in [5.41, 5.74) is 7.59. The molecule has 0 radical (unpaired) electrons. The summed E-state index contributed by atoms with van der Waals surface area (Å²) >= 11 is 0. The zero-order chi connectivity index (χ0) is 10.3. The minimum Gasteiger partial charge on any atom is -0.369 e. The number of carbonyl (C=O) groups is 1. The van der Waals surface area contributed by atoms with Crippen LogP contribution in [0.3, 0.4) is 0 Å². The Hall–Kier alpha value is -1.05. The maximum Gasteiger partial charge on any atom is 0.221 e. The highest BCUT2D eigenvalue weighted by atomic mass is 16.1. The van der Waals surface area contributed by atoms with E-state index in [9.17, 15) is 4.79 Å². The van der Waals surface area contributed by atoms with E-state index in [4.69, 9.17) is 5.73 Å². The van der Waals surface area contributed by atoms with Gasteiger partial charge in [0.05, 0.1) is 0 Å². The molecule has 0 aliphatic heterocycles. The largest absolute Gasteiger partial charge is 0.369 e. The van der Waals surface area contributed by atoms with Crippen molar-refractivity contribution in [2.24, 2.45) is 5.73 Å². The minimum atomic E-state index is -0.262. The molecule has 0 spiro atoms. The fourth-order valence-electron chi connectivity index (χ4n) is 0.965. The van der Waals surface area contributed by atoms with Crippen LogP contribution in [0.4, 0.5) is 0 Å². The molecule has 2 heteroatoms. The quantitative estimate of drug-likeness (QED) is 0.651. The van der Waals surface area contributed by atoms with Crippen LogP contribution in [-0.2, 0) is 4.79 Å². The van der Waals surface area contributed by atoms with E-state index in [1.165, 1.54) is 11.1 Å². The van der Waals surface area contributed by atoms with Crippen LogP contribution in [0, 0.1) is 0 Å². The molecule has 0 rings (SSSR count). The van der Waals surface area contributed by atoms with Gasteiger partial charge in [-0.05, 0) is 33.6 Å². The molecule has 2 nitrogen and oxygen atoms in total. The number of hydrogen-bond donors (Lipinski definition) is 1. The number of hydrogen-bond acceptors (Lipinski definition) is 1. The van der Waals surface area contributed by atoms with Gasteiger partial charge in [0.2, 0.25) is 5.91 Å². The van der Waals surface area contributed by atoms with Gasteiger partial charge in [-0.3, -0.25) is 4.79 Å². The van der Waals surface area contributed by atoms with E-state index >= 15 is 0 Å². The Labute approximate surface area is 80.5 Å². The van der Waals surface area contributed by atoms with Crippen molar-refractivity contribution in [3.8, 4) is 0 Å². The summed E-state index contributed by atoms with van der Waals surface area (Å²) in [6, 6.07) is 0. The van der Waals surface area contributed by atoms with Crippen LogP contribution >= 0.6 is 0 Å². The second kappa shape index (κ2) is 6.46. The molecule has 13 heavy (non-hydrogen) atoms. The van der Waals surface area contributed by atoms with Crippen LogP contribution < -0.4 is 5.73 Å². The summed E-state index contributed by atoms with van der Waals surface area (Å²) in [5.74, 6) is -0.262. The topological polar surface area (TPSA) is 43.1 Å². The van der Waals surface area contributed by atoms with E-state index in [0.29, 0.717) is 6.42 Å². The van der Waals surface area contributed by atoms with Crippen molar-refractivity contribution in [2.45, 2.75) is 40.0 Å². The molecular weight excluding hydrogens is 162 g/mol. The summed E-state index contributed by atoms with van der Waals surface area (Å²) in [5, 5.41) is 0. The first-order valence-corrected chi connectivity index (χ1v) is 4.59. The third-order valence-corrected chi connectivity index (χ3v) is 1.74. The van der Waals surface area contributed by atoms with Crippen molar-refractivity contribution in [3.05, 3.63) is 23.3 Å². The first-order chi connectivity index (χ1) is 6.02. The highest BCUT2D eigenvalue weighted by molar-refractivity contribution is 5.75. The van der Waals surface area contributed by atoms with Crippen molar-refractivity contribution < 1.29 is 4.79 Å². The third kappa shape index (κ3) is 8.86. The molecule has 0 fully saturated rings. The van der Waals surface area contributed by atoms with Gasteiger partial charge in [0.15, 0.2) is 0 Å². The fourth-order valence-corrected chi connectivity index (χ4v) is 0.965. The van der Waals surface area contributed by atoms with Gasteiger partial charge in [-0.2, -0.15) is 0 Å². The summed E-state index contributed by atoms with van der Waals surface area (Å²) in [6.07, 6.45) is 6.52. The first kappa shape index (κ1) is 11.9. The average molecular weight is 181 g/mol. The van der Waals surface area contributed by atoms with Crippen LogP contribution in [0.5, 0.6) is 0 Å². The molecule has 0 saturated heterocycles. The standard InChI is InChI=1S/C11H19NO/c1-9(2)5-4-6-10(3)7-8-11(12)13/h5,7H,4,6,8H2,1-3H3,(H2,12,13)/b10-7+. The minimum absolute atomic E-state index is 0.262. The molecule has 74 valence electrons. The summed E-state index contributed by atoms with van der Waals surface area (Å²) in [4.78, 5) is 10.5. The zero-order valence-corrected chi connectivity index (χ0v) is 8.76. The van der Waals surface area contributed by atoms with Gasteiger partial charge in [0, 0.05) is 6.42 Å². The molecule has 0 atom stereocenters. The van der Waals surface area contributed by atoms with Gasteiger partial charge in [-0.15, -0.1) is 0 Å². The maximum atomic E-state index is 10.5. The van der Waals surface area contributed by atoms with Gasteiger partial charge in [0.25, 0.3) is 0 Å². The molecule has 0 saturated carbocycles. The second-order valence-electron chi connectivity index (χ2n) is 3.54. The van der Waals surface area contributed by atoms with Crippen LogP contribution in [0.15, 0.2) is 23.3 Å². The molecular formula is C11H19NO. The van der Waals surface area contributed by atoms with E-state index in [2.05, 4.69) is 19.9 Å². The molecule has 0 aromatic carbocycles. The lowest BCUT2D eigenvalue weighted by Gasteiger charge is -1.97. The molecule has 0 aliphatic carbocycles.